The molecule has 6 nitrogen and oxygen atoms in total. The summed E-state index contributed by atoms with van der Waals surface area (Å²) in [7, 11) is 0. The third-order valence-electron chi connectivity index (χ3n) is 3.87. The number of carbonyl (C=O) groups is 1. The summed E-state index contributed by atoms with van der Waals surface area (Å²) in [6.45, 7) is 0.191. The molecule has 3 rings (SSSR count). The van der Waals surface area contributed by atoms with E-state index in [-0.39, 0.29) is 12.6 Å². The Morgan fingerprint density at radius 2 is 1.84 bits per heavy atom. The van der Waals surface area contributed by atoms with E-state index in [0.29, 0.717) is 6.54 Å². The van der Waals surface area contributed by atoms with Crippen LogP contribution in [0.2, 0.25) is 0 Å². The Morgan fingerprint density at radius 1 is 1.08 bits per heavy atom. The summed E-state index contributed by atoms with van der Waals surface area (Å²) in [5, 5.41) is 19.4. The number of hydrogen-bond donors (Lipinski definition) is 3. The fourth-order valence-corrected chi connectivity index (χ4v) is 2.60. The van der Waals surface area contributed by atoms with Gasteiger partial charge in [-0.05, 0) is 23.3 Å². The third-order valence-corrected chi connectivity index (χ3v) is 3.87. The SMILES string of the molecule is O=C(NCc1ccccc1-n1cccn1)N[C@H](CO)c1ccccc1. The molecule has 0 fully saturated rings. The minimum atomic E-state index is -0.442. The Bertz CT molecular complexity index is 803. The van der Waals surface area contributed by atoms with Gasteiger partial charge in [-0.2, -0.15) is 5.10 Å². The smallest absolute Gasteiger partial charge is 0.315 e. The molecule has 25 heavy (non-hydrogen) atoms. The van der Waals surface area contributed by atoms with Gasteiger partial charge in [-0.3, -0.25) is 0 Å². The van der Waals surface area contributed by atoms with Gasteiger partial charge in [-0.15, -0.1) is 0 Å². The van der Waals surface area contributed by atoms with Gasteiger partial charge in [0.05, 0.1) is 18.3 Å². The van der Waals surface area contributed by atoms with E-state index in [2.05, 4.69) is 15.7 Å². The average Bonchev–Trinajstić information content (AvgIpc) is 3.20. The molecule has 0 saturated carbocycles. The number of nitrogens with one attached hydrogen (secondary N) is 2. The highest BCUT2D eigenvalue weighted by Gasteiger charge is 2.13. The first kappa shape index (κ1) is 16.7. The number of aliphatic hydroxyl groups is 1. The van der Waals surface area contributed by atoms with Crippen molar-refractivity contribution in [1.29, 1.82) is 0 Å². The number of benzene rings is 2. The molecule has 0 aliphatic rings. The molecular formula is C19H20N4O2. The fraction of sp³-hybridized carbons (Fsp3) is 0.158. The number of carbonyl (C=O) groups excluding carboxylic acids is 1. The first-order chi connectivity index (χ1) is 12.3. The number of amides is 2. The highest BCUT2D eigenvalue weighted by Crippen LogP contribution is 2.14. The highest BCUT2D eigenvalue weighted by molar-refractivity contribution is 5.74. The Balaban J connectivity index is 1.63. The molecular weight excluding hydrogens is 316 g/mol. The maximum atomic E-state index is 12.2. The molecule has 3 N–H and O–H groups in total. The van der Waals surface area contributed by atoms with Gasteiger partial charge in [-0.25, -0.2) is 9.48 Å². The maximum absolute atomic E-state index is 12.2. The summed E-state index contributed by atoms with van der Waals surface area (Å²) in [4.78, 5) is 12.2. The molecule has 1 heterocycles. The van der Waals surface area contributed by atoms with Gasteiger partial charge in [0.1, 0.15) is 0 Å². The van der Waals surface area contributed by atoms with Crippen LogP contribution in [0, 0.1) is 0 Å². The number of aromatic nitrogens is 2. The predicted octanol–water partition coefficient (Wildman–Crippen LogP) is 2.41. The molecule has 1 aromatic heterocycles. The van der Waals surface area contributed by atoms with E-state index in [1.54, 1.807) is 10.9 Å². The molecule has 128 valence electrons. The summed E-state index contributed by atoms with van der Waals surface area (Å²) in [5.74, 6) is 0. The van der Waals surface area contributed by atoms with Gasteiger partial charge in [0, 0.05) is 18.9 Å². The fourth-order valence-electron chi connectivity index (χ4n) is 2.60. The molecule has 0 aliphatic carbocycles. The number of rotatable bonds is 6. The molecule has 0 saturated heterocycles. The van der Waals surface area contributed by atoms with Crippen molar-refractivity contribution in [3.63, 3.8) is 0 Å². The van der Waals surface area contributed by atoms with Crippen LogP contribution in [0.3, 0.4) is 0 Å². The molecule has 0 aliphatic heterocycles. The van der Waals surface area contributed by atoms with Crippen molar-refractivity contribution < 1.29 is 9.90 Å². The molecule has 6 heteroatoms. The monoisotopic (exact) mass is 336 g/mol. The first-order valence-electron chi connectivity index (χ1n) is 8.06. The Kier molecular flexibility index (Phi) is 5.43. The standard InChI is InChI=1S/C19H20N4O2/c24-14-17(15-7-2-1-3-8-15)22-19(25)20-13-16-9-4-5-10-18(16)23-12-6-11-21-23/h1-12,17,24H,13-14H2,(H2,20,22,25)/t17-/m1/s1. The highest BCUT2D eigenvalue weighted by atomic mass is 16.3. The van der Waals surface area contributed by atoms with Crippen molar-refractivity contribution in [1.82, 2.24) is 20.4 Å². The van der Waals surface area contributed by atoms with Crippen molar-refractivity contribution in [3.8, 4) is 5.69 Å². The third kappa shape index (κ3) is 4.24. The topological polar surface area (TPSA) is 79.2 Å². The van der Waals surface area contributed by atoms with Crippen LogP contribution in [-0.4, -0.2) is 27.5 Å². The Labute approximate surface area is 146 Å². The number of urea groups is 1. The van der Waals surface area contributed by atoms with Crippen molar-refractivity contribution in [2.24, 2.45) is 0 Å². The molecule has 0 bridgehead atoms. The van der Waals surface area contributed by atoms with E-state index >= 15 is 0 Å². The van der Waals surface area contributed by atoms with Crippen LogP contribution in [0.1, 0.15) is 17.2 Å². The minimum Gasteiger partial charge on any atom is -0.394 e. The lowest BCUT2D eigenvalue weighted by atomic mass is 10.1. The summed E-state index contributed by atoms with van der Waals surface area (Å²) in [6.07, 6.45) is 3.57. The van der Waals surface area contributed by atoms with Crippen LogP contribution >= 0.6 is 0 Å². The van der Waals surface area contributed by atoms with Gasteiger partial charge in [0.15, 0.2) is 0 Å². The quantitative estimate of drug-likeness (QED) is 0.647. The zero-order chi connectivity index (χ0) is 17.5. The molecule has 3 aromatic rings. The van der Waals surface area contributed by atoms with Crippen LogP contribution in [0.25, 0.3) is 5.69 Å². The second-order valence-electron chi connectivity index (χ2n) is 5.55. The van der Waals surface area contributed by atoms with Gasteiger partial charge < -0.3 is 15.7 Å². The molecule has 0 radical (unpaired) electrons. The number of hydrogen-bond acceptors (Lipinski definition) is 3. The zero-order valence-corrected chi connectivity index (χ0v) is 13.7. The second kappa shape index (κ2) is 8.12. The van der Waals surface area contributed by atoms with Crippen LogP contribution in [0.4, 0.5) is 4.79 Å². The van der Waals surface area contributed by atoms with Gasteiger partial charge in [0.2, 0.25) is 0 Å². The largest absolute Gasteiger partial charge is 0.394 e. The lowest BCUT2D eigenvalue weighted by Gasteiger charge is -2.18. The van der Waals surface area contributed by atoms with Crippen LogP contribution in [-0.2, 0) is 6.54 Å². The molecule has 2 amide bonds. The number of nitrogens with zero attached hydrogens (tertiary/aromatic N) is 2. The van der Waals surface area contributed by atoms with E-state index in [1.807, 2.05) is 66.9 Å². The van der Waals surface area contributed by atoms with Crippen molar-refractivity contribution in [2.45, 2.75) is 12.6 Å². The van der Waals surface area contributed by atoms with E-state index < -0.39 is 6.04 Å². The molecule has 0 spiro atoms. The lowest BCUT2D eigenvalue weighted by molar-refractivity contribution is 0.216. The van der Waals surface area contributed by atoms with E-state index in [9.17, 15) is 9.90 Å². The summed E-state index contributed by atoms with van der Waals surface area (Å²) in [6, 6.07) is 18.2. The van der Waals surface area contributed by atoms with Crippen molar-refractivity contribution in [3.05, 3.63) is 84.2 Å². The Morgan fingerprint density at radius 3 is 2.56 bits per heavy atom. The van der Waals surface area contributed by atoms with Crippen molar-refractivity contribution in [2.75, 3.05) is 6.61 Å². The van der Waals surface area contributed by atoms with Crippen molar-refractivity contribution >= 4 is 6.03 Å². The molecule has 1 atom stereocenters. The second-order valence-corrected chi connectivity index (χ2v) is 5.55. The zero-order valence-electron chi connectivity index (χ0n) is 13.7. The Hall–Kier alpha value is -3.12. The van der Waals surface area contributed by atoms with E-state index in [1.165, 1.54) is 0 Å². The maximum Gasteiger partial charge on any atom is 0.315 e. The average molecular weight is 336 g/mol. The van der Waals surface area contributed by atoms with Gasteiger partial charge in [-0.1, -0.05) is 48.5 Å². The summed E-state index contributed by atoms with van der Waals surface area (Å²) < 4.78 is 1.76. The summed E-state index contributed by atoms with van der Waals surface area (Å²) in [5.41, 5.74) is 2.72. The van der Waals surface area contributed by atoms with Gasteiger partial charge >= 0.3 is 6.03 Å². The van der Waals surface area contributed by atoms with Gasteiger partial charge in [0.25, 0.3) is 0 Å². The van der Waals surface area contributed by atoms with Crippen LogP contribution in [0.5, 0.6) is 0 Å². The molecule has 2 aromatic carbocycles. The number of aliphatic hydroxyl groups excluding tert-OH is 1. The lowest BCUT2D eigenvalue weighted by Crippen LogP contribution is -2.39. The van der Waals surface area contributed by atoms with Crippen LogP contribution in [0.15, 0.2) is 73.1 Å². The predicted molar refractivity (Wildman–Crippen MR) is 95.2 cm³/mol. The minimum absolute atomic E-state index is 0.165. The summed E-state index contributed by atoms with van der Waals surface area (Å²) >= 11 is 0. The van der Waals surface area contributed by atoms with Crippen LogP contribution < -0.4 is 10.6 Å². The first-order valence-corrected chi connectivity index (χ1v) is 8.06. The normalized spacial score (nSPS) is 11.7. The number of para-hydroxylation sites is 1. The van der Waals surface area contributed by atoms with E-state index in [0.717, 1.165) is 16.8 Å². The van der Waals surface area contributed by atoms with E-state index in [4.69, 9.17) is 0 Å². The molecule has 0 unspecified atom stereocenters.